The minimum atomic E-state index is -0.284. The molecule has 0 aromatic carbocycles. The average Bonchev–Trinajstić information content (AvgIpc) is 2.93. The van der Waals surface area contributed by atoms with Gasteiger partial charge in [-0.05, 0) is 25.1 Å². The molecule has 1 amide bonds. The first-order valence-electron chi connectivity index (χ1n) is 4.99. The van der Waals surface area contributed by atoms with Gasteiger partial charge in [0.15, 0.2) is 0 Å². The Hall–Kier alpha value is -1.50. The van der Waals surface area contributed by atoms with E-state index in [1.807, 2.05) is 0 Å². The number of carbonyl (C=O) groups excluding carboxylic acids is 1. The van der Waals surface area contributed by atoms with Gasteiger partial charge in [0.25, 0.3) is 11.7 Å². The highest BCUT2D eigenvalue weighted by Crippen LogP contribution is 2.24. The van der Waals surface area contributed by atoms with Crippen LogP contribution in [0.3, 0.4) is 0 Å². The number of nitrogens with one attached hydrogen (secondary N) is 2. The van der Waals surface area contributed by atoms with E-state index in [9.17, 15) is 4.79 Å². The summed E-state index contributed by atoms with van der Waals surface area (Å²) in [5.41, 5.74) is 0. The number of tetrazole rings is 1. The van der Waals surface area contributed by atoms with E-state index >= 15 is 0 Å². The Kier molecular flexibility index (Phi) is 2.91. The van der Waals surface area contributed by atoms with E-state index in [1.54, 1.807) is 0 Å². The number of H-pyrrole nitrogens is 1. The van der Waals surface area contributed by atoms with Gasteiger partial charge in [-0.25, -0.2) is 0 Å². The number of aromatic amines is 1. The largest absolute Gasteiger partial charge is 0.348 e. The zero-order chi connectivity index (χ0) is 10.7. The van der Waals surface area contributed by atoms with E-state index in [4.69, 9.17) is 0 Å². The van der Waals surface area contributed by atoms with Crippen LogP contribution >= 0.6 is 0 Å². The normalized spacial score (nSPS) is 15.6. The zero-order valence-electron chi connectivity index (χ0n) is 8.60. The molecule has 82 valence electrons. The van der Waals surface area contributed by atoms with Crippen molar-refractivity contribution in [2.24, 2.45) is 0 Å². The van der Waals surface area contributed by atoms with Crippen LogP contribution in [0.4, 0.5) is 0 Å². The highest BCUT2D eigenvalue weighted by atomic mass is 16.2. The Morgan fingerprint density at radius 3 is 3.07 bits per heavy atom. The Bertz CT molecular complexity index is 320. The summed E-state index contributed by atoms with van der Waals surface area (Å²) in [5, 5.41) is 15.5. The summed E-state index contributed by atoms with van der Waals surface area (Å²) in [6, 6.07) is 0.715. The van der Waals surface area contributed by atoms with Crippen LogP contribution < -0.4 is 5.32 Å². The molecule has 1 fully saturated rings. The summed E-state index contributed by atoms with van der Waals surface area (Å²) >= 11 is 0. The van der Waals surface area contributed by atoms with Crippen LogP contribution in [-0.4, -0.2) is 57.6 Å². The Morgan fingerprint density at radius 1 is 1.67 bits per heavy atom. The third-order valence-electron chi connectivity index (χ3n) is 2.47. The second kappa shape index (κ2) is 4.35. The molecule has 7 heteroatoms. The van der Waals surface area contributed by atoms with Gasteiger partial charge in [0, 0.05) is 19.1 Å². The maximum absolute atomic E-state index is 11.4. The third kappa shape index (κ3) is 2.72. The van der Waals surface area contributed by atoms with Crippen LogP contribution in [0.25, 0.3) is 0 Å². The Labute approximate surface area is 87.2 Å². The SMILES string of the molecule is CN(CCNC(=O)c1nn[nH]n1)C1CC1. The van der Waals surface area contributed by atoms with Crippen LogP contribution in [0.15, 0.2) is 0 Å². The average molecular weight is 210 g/mol. The van der Waals surface area contributed by atoms with Gasteiger partial charge in [0.2, 0.25) is 0 Å². The second-order valence-corrected chi connectivity index (χ2v) is 3.70. The molecule has 1 aromatic heterocycles. The molecule has 1 aliphatic carbocycles. The molecule has 0 saturated heterocycles. The summed E-state index contributed by atoms with van der Waals surface area (Å²) in [4.78, 5) is 13.6. The van der Waals surface area contributed by atoms with Crippen molar-refractivity contribution in [2.75, 3.05) is 20.1 Å². The maximum Gasteiger partial charge on any atom is 0.292 e. The number of nitrogens with zero attached hydrogens (tertiary/aromatic N) is 4. The summed E-state index contributed by atoms with van der Waals surface area (Å²) < 4.78 is 0. The van der Waals surface area contributed by atoms with Gasteiger partial charge in [0.1, 0.15) is 0 Å². The predicted octanol–water partition coefficient (Wildman–Crippen LogP) is -0.976. The highest BCUT2D eigenvalue weighted by Gasteiger charge is 2.25. The number of carbonyl (C=O) groups is 1. The van der Waals surface area contributed by atoms with Crippen LogP contribution in [0.5, 0.6) is 0 Å². The lowest BCUT2D eigenvalue weighted by molar-refractivity contribution is 0.0939. The van der Waals surface area contributed by atoms with Crippen LogP contribution in [0.2, 0.25) is 0 Å². The first-order chi connectivity index (χ1) is 7.27. The first-order valence-corrected chi connectivity index (χ1v) is 4.99. The molecular weight excluding hydrogens is 196 g/mol. The number of amides is 1. The smallest absolute Gasteiger partial charge is 0.292 e. The maximum atomic E-state index is 11.4. The topological polar surface area (TPSA) is 86.8 Å². The molecule has 2 N–H and O–H groups in total. The molecule has 0 spiro atoms. The Morgan fingerprint density at radius 2 is 2.47 bits per heavy atom. The van der Waals surface area contributed by atoms with Gasteiger partial charge in [-0.3, -0.25) is 4.79 Å². The molecule has 0 bridgehead atoms. The van der Waals surface area contributed by atoms with E-state index in [2.05, 4.69) is 37.9 Å². The minimum Gasteiger partial charge on any atom is -0.348 e. The summed E-state index contributed by atoms with van der Waals surface area (Å²) in [5.74, 6) is -0.197. The molecule has 1 heterocycles. The van der Waals surface area contributed by atoms with Crippen molar-refractivity contribution in [3.63, 3.8) is 0 Å². The molecule has 1 saturated carbocycles. The monoisotopic (exact) mass is 210 g/mol. The lowest BCUT2D eigenvalue weighted by Crippen LogP contribution is -2.34. The molecule has 1 aromatic rings. The second-order valence-electron chi connectivity index (χ2n) is 3.70. The zero-order valence-corrected chi connectivity index (χ0v) is 8.60. The summed E-state index contributed by atoms with van der Waals surface area (Å²) in [6.45, 7) is 1.47. The van der Waals surface area contributed by atoms with Gasteiger partial charge in [0.05, 0.1) is 0 Å². The fraction of sp³-hybridized carbons (Fsp3) is 0.750. The van der Waals surface area contributed by atoms with Crippen LogP contribution in [-0.2, 0) is 0 Å². The Balaban J connectivity index is 1.67. The lowest BCUT2D eigenvalue weighted by atomic mass is 10.4. The minimum absolute atomic E-state index is 0.0871. The molecule has 0 aliphatic heterocycles. The fourth-order valence-electron chi connectivity index (χ4n) is 1.38. The lowest BCUT2D eigenvalue weighted by Gasteiger charge is -2.14. The van der Waals surface area contributed by atoms with Gasteiger partial charge in [-0.1, -0.05) is 0 Å². The summed E-state index contributed by atoms with van der Waals surface area (Å²) in [7, 11) is 2.07. The number of rotatable bonds is 5. The van der Waals surface area contributed by atoms with Crippen molar-refractivity contribution in [1.82, 2.24) is 30.8 Å². The van der Waals surface area contributed by atoms with E-state index in [-0.39, 0.29) is 11.7 Å². The fourth-order valence-corrected chi connectivity index (χ4v) is 1.38. The van der Waals surface area contributed by atoms with E-state index in [0.29, 0.717) is 12.6 Å². The third-order valence-corrected chi connectivity index (χ3v) is 2.47. The van der Waals surface area contributed by atoms with Gasteiger partial charge >= 0.3 is 0 Å². The van der Waals surface area contributed by atoms with Gasteiger partial charge in [-0.2, -0.15) is 5.21 Å². The van der Waals surface area contributed by atoms with Crippen molar-refractivity contribution in [2.45, 2.75) is 18.9 Å². The van der Waals surface area contributed by atoms with Crippen molar-refractivity contribution >= 4 is 5.91 Å². The molecule has 15 heavy (non-hydrogen) atoms. The van der Waals surface area contributed by atoms with Crippen molar-refractivity contribution in [1.29, 1.82) is 0 Å². The first kappa shape index (κ1) is 10.0. The van der Waals surface area contributed by atoms with E-state index in [0.717, 1.165) is 6.54 Å². The molecule has 0 atom stereocenters. The van der Waals surface area contributed by atoms with Crippen LogP contribution in [0.1, 0.15) is 23.5 Å². The number of likely N-dealkylation sites (N-methyl/N-ethyl adjacent to an activating group) is 1. The van der Waals surface area contributed by atoms with Gasteiger partial charge in [-0.15, -0.1) is 10.2 Å². The molecule has 7 nitrogen and oxygen atoms in total. The standard InChI is InChI=1S/C8H14N6O/c1-14(6-2-3-6)5-4-9-8(15)7-10-12-13-11-7/h6H,2-5H2,1H3,(H,9,15)(H,10,11,12,13). The molecule has 0 radical (unpaired) electrons. The molecule has 1 aliphatic rings. The molecule has 2 rings (SSSR count). The van der Waals surface area contributed by atoms with Crippen molar-refractivity contribution < 1.29 is 4.79 Å². The van der Waals surface area contributed by atoms with Crippen molar-refractivity contribution in [3.05, 3.63) is 5.82 Å². The molecular formula is C8H14N6O. The van der Waals surface area contributed by atoms with Crippen molar-refractivity contribution in [3.8, 4) is 0 Å². The quantitative estimate of drug-likeness (QED) is 0.652. The number of aromatic nitrogens is 4. The van der Waals surface area contributed by atoms with E-state index in [1.165, 1.54) is 12.8 Å². The molecule has 0 unspecified atom stereocenters. The predicted molar refractivity (Wildman–Crippen MR) is 52.2 cm³/mol. The van der Waals surface area contributed by atoms with E-state index < -0.39 is 0 Å². The highest BCUT2D eigenvalue weighted by molar-refractivity contribution is 5.89. The van der Waals surface area contributed by atoms with Crippen LogP contribution in [0, 0.1) is 0 Å². The number of hydrogen-bond donors (Lipinski definition) is 2. The number of hydrogen-bond acceptors (Lipinski definition) is 5. The van der Waals surface area contributed by atoms with Gasteiger partial charge < -0.3 is 10.2 Å². The summed E-state index contributed by atoms with van der Waals surface area (Å²) in [6.07, 6.45) is 2.55.